The number of nitrogens with zero attached hydrogens (tertiary/aromatic N) is 4. The summed E-state index contributed by atoms with van der Waals surface area (Å²) in [5.41, 5.74) is 1.52. The van der Waals surface area contributed by atoms with E-state index >= 15 is 0 Å². The fourth-order valence-corrected chi connectivity index (χ4v) is 3.29. The van der Waals surface area contributed by atoms with Gasteiger partial charge >= 0.3 is 0 Å². The smallest absolute Gasteiger partial charge is 0.255 e. The van der Waals surface area contributed by atoms with Crippen LogP contribution in [0, 0.1) is 5.82 Å². The number of halogens is 1. The number of piperidine rings is 1. The number of anilines is 1. The molecule has 2 aromatic heterocycles. The monoisotopic (exact) mass is 366 g/mol. The minimum atomic E-state index is -0.357. The minimum absolute atomic E-state index is 0.0701. The Morgan fingerprint density at radius 3 is 2.81 bits per heavy atom. The highest BCUT2D eigenvalue weighted by Crippen LogP contribution is 2.23. The van der Waals surface area contributed by atoms with Crippen LogP contribution < -0.4 is 10.2 Å². The van der Waals surface area contributed by atoms with Crippen molar-refractivity contribution in [1.29, 1.82) is 0 Å². The molecule has 138 valence electrons. The number of H-pyrrole nitrogens is 1. The fourth-order valence-electron chi connectivity index (χ4n) is 3.29. The highest BCUT2D eigenvalue weighted by atomic mass is 19.1. The Bertz CT molecular complexity index is 921. The van der Waals surface area contributed by atoms with Crippen LogP contribution in [0.15, 0.2) is 49.1 Å². The van der Waals surface area contributed by atoms with Crippen LogP contribution in [0.25, 0.3) is 11.3 Å². The van der Waals surface area contributed by atoms with E-state index in [1.165, 1.54) is 18.3 Å². The summed E-state index contributed by atoms with van der Waals surface area (Å²) in [5.74, 6) is 0.288. The number of amides is 1. The normalized spacial score (nSPS) is 14.9. The number of aromatic nitrogens is 4. The van der Waals surface area contributed by atoms with Crippen molar-refractivity contribution in [2.24, 2.45) is 0 Å². The number of nitrogens with one attached hydrogen (secondary N) is 2. The molecule has 4 rings (SSSR count). The first-order valence-corrected chi connectivity index (χ1v) is 8.82. The van der Waals surface area contributed by atoms with Crippen molar-refractivity contribution >= 4 is 11.7 Å². The summed E-state index contributed by atoms with van der Waals surface area (Å²) in [6.45, 7) is 1.59. The van der Waals surface area contributed by atoms with E-state index in [-0.39, 0.29) is 17.8 Å². The molecule has 2 N–H and O–H groups in total. The molecule has 7 nitrogen and oxygen atoms in total. The molecule has 0 bridgehead atoms. The Balaban J connectivity index is 1.40. The van der Waals surface area contributed by atoms with Crippen LogP contribution in [0.3, 0.4) is 0 Å². The lowest BCUT2D eigenvalue weighted by Crippen LogP contribution is -2.45. The third-order valence-corrected chi connectivity index (χ3v) is 4.70. The first kappa shape index (κ1) is 17.1. The van der Waals surface area contributed by atoms with Gasteiger partial charge in [-0.3, -0.25) is 14.9 Å². The van der Waals surface area contributed by atoms with Gasteiger partial charge in [0.1, 0.15) is 11.6 Å². The van der Waals surface area contributed by atoms with Crippen molar-refractivity contribution in [3.63, 3.8) is 0 Å². The van der Waals surface area contributed by atoms with Crippen LogP contribution in [-0.2, 0) is 0 Å². The average molecular weight is 366 g/mol. The minimum Gasteiger partial charge on any atom is -0.355 e. The van der Waals surface area contributed by atoms with E-state index in [9.17, 15) is 9.18 Å². The van der Waals surface area contributed by atoms with E-state index < -0.39 is 0 Å². The lowest BCUT2D eigenvalue weighted by Gasteiger charge is -2.32. The second-order valence-corrected chi connectivity index (χ2v) is 6.47. The van der Waals surface area contributed by atoms with Crippen LogP contribution in [0.1, 0.15) is 23.2 Å². The summed E-state index contributed by atoms with van der Waals surface area (Å²) < 4.78 is 13.5. The Morgan fingerprint density at radius 1 is 1.22 bits per heavy atom. The van der Waals surface area contributed by atoms with E-state index in [1.807, 2.05) is 0 Å². The second kappa shape index (κ2) is 7.53. The summed E-state index contributed by atoms with van der Waals surface area (Å²) in [6, 6.07) is 6.16. The molecule has 27 heavy (non-hydrogen) atoms. The number of aromatic amines is 1. The molecular formula is C19H19FN6O. The first-order chi connectivity index (χ1) is 13.2. The second-order valence-electron chi connectivity index (χ2n) is 6.47. The predicted molar refractivity (Wildman–Crippen MR) is 98.7 cm³/mol. The molecule has 3 aromatic rings. The Hall–Kier alpha value is -3.29. The van der Waals surface area contributed by atoms with Gasteiger partial charge in [-0.25, -0.2) is 9.37 Å². The first-order valence-electron chi connectivity index (χ1n) is 8.82. The third-order valence-electron chi connectivity index (χ3n) is 4.70. The van der Waals surface area contributed by atoms with Gasteiger partial charge in [0.2, 0.25) is 0 Å². The molecule has 1 fully saturated rings. The maximum atomic E-state index is 13.5. The summed E-state index contributed by atoms with van der Waals surface area (Å²) in [5, 5.41) is 9.82. The Labute approximate surface area is 155 Å². The van der Waals surface area contributed by atoms with Gasteiger partial charge in [-0.15, -0.1) is 0 Å². The van der Waals surface area contributed by atoms with Crippen molar-refractivity contribution < 1.29 is 9.18 Å². The van der Waals surface area contributed by atoms with Crippen molar-refractivity contribution in [3.8, 4) is 11.3 Å². The van der Waals surface area contributed by atoms with Crippen molar-refractivity contribution in [1.82, 2.24) is 25.5 Å². The number of carbonyl (C=O) groups is 1. The van der Waals surface area contributed by atoms with E-state index in [1.54, 1.807) is 30.7 Å². The van der Waals surface area contributed by atoms with Crippen molar-refractivity contribution in [2.45, 2.75) is 18.9 Å². The van der Waals surface area contributed by atoms with Gasteiger partial charge in [-0.1, -0.05) is 12.1 Å². The fraction of sp³-hybridized carbons (Fsp3) is 0.263. The average Bonchev–Trinajstić information content (AvgIpc) is 3.19. The van der Waals surface area contributed by atoms with Gasteiger partial charge in [-0.2, -0.15) is 5.10 Å². The molecule has 1 saturated heterocycles. The zero-order valence-electron chi connectivity index (χ0n) is 14.6. The topological polar surface area (TPSA) is 86.8 Å². The summed E-state index contributed by atoms with van der Waals surface area (Å²) in [4.78, 5) is 23.3. The molecule has 0 saturated carbocycles. The largest absolute Gasteiger partial charge is 0.355 e. The lowest BCUT2D eigenvalue weighted by molar-refractivity contribution is 0.0932. The van der Waals surface area contributed by atoms with Gasteiger partial charge in [0.25, 0.3) is 5.91 Å². The number of hydrogen-bond donors (Lipinski definition) is 2. The maximum Gasteiger partial charge on any atom is 0.255 e. The zero-order valence-corrected chi connectivity index (χ0v) is 14.6. The highest BCUT2D eigenvalue weighted by Gasteiger charge is 2.24. The van der Waals surface area contributed by atoms with E-state index in [0.29, 0.717) is 16.8 Å². The number of benzene rings is 1. The molecule has 1 aliphatic rings. The molecule has 0 atom stereocenters. The molecule has 0 spiro atoms. The number of carbonyl (C=O) groups excluding carboxylic acids is 1. The molecule has 8 heteroatoms. The van der Waals surface area contributed by atoms with Crippen molar-refractivity contribution in [3.05, 3.63) is 60.4 Å². The molecule has 0 aliphatic carbocycles. The molecule has 1 aliphatic heterocycles. The maximum absolute atomic E-state index is 13.5. The Kier molecular flexibility index (Phi) is 4.78. The quantitative estimate of drug-likeness (QED) is 0.740. The number of hydrogen-bond acceptors (Lipinski definition) is 5. The SMILES string of the molecule is O=C(NC1CCN(c2cnccn2)CC1)c1cn[nH]c1-c1cccc(F)c1. The molecule has 3 heterocycles. The molecular weight excluding hydrogens is 347 g/mol. The van der Waals surface area contributed by atoms with E-state index in [4.69, 9.17) is 0 Å². The van der Waals surface area contributed by atoms with Gasteiger partial charge in [0.05, 0.1) is 23.7 Å². The molecule has 1 amide bonds. The third kappa shape index (κ3) is 3.79. The van der Waals surface area contributed by atoms with Gasteiger partial charge in [-0.05, 0) is 25.0 Å². The standard InChI is InChI=1S/C19H19FN6O/c20-14-3-1-2-13(10-14)18-16(11-23-25-18)19(27)24-15-4-8-26(9-5-15)17-12-21-6-7-22-17/h1-3,6-7,10-12,15H,4-5,8-9H2,(H,23,25)(H,24,27). The Morgan fingerprint density at radius 2 is 2.07 bits per heavy atom. The molecule has 0 radical (unpaired) electrons. The zero-order chi connectivity index (χ0) is 18.6. The summed E-state index contributed by atoms with van der Waals surface area (Å²) in [7, 11) is 0. The van der Waals surface area contributed by atoms with Crippen LogP contribution in [0.2, 0.25) is 0 Å². The van der Waals surface area contributed by atoms with Gasteiger partial charge in [0.15, 0.2) is 0 Å². The van der Waals surface area contributed by atoms with Crippen LogP contribution in [0.4, 0.5) is 10.2 Å². The molecule has 0 unspecified atom stereocenters. The predicted octanol–water partition coefficient (Wildman–Crippen LogP) is 2.40. The number of rotatable bonds is 4. The van der Waals surface area contributed by atoms with Crippen LogP contribution >= 0.6 is 0 Å². The van der Waals surface area contributed by atoms with Crippen LogP contribution in [-0.4, -0.2) is 45.2 Å². The summed E-state index contributed by atoms with van der Waals surface area (Å²) >= 11 is 0. The van der Waals surface area contributed by atoms with Crippen molar-refractivity contribution in [2.75, 3.05) is 18.0 Å². The highest BCUT2D eigenvalue weighted by molar-refractivity contribution is 5.99. The lowest BCUT2D eigenvalue weighted by atomic mass is 10.0. The molecule has 1 aromatic carbocycles. The van der Waals surface area contributed by atoms with E-state index in [2.05, 4.69) is 30.4 Å². The van der Waals surface area contributed by atoms with E-state index in [0.717, 1.165) is 31.7 Å². The van der Waals surface area contributed by atoms with Gasteiger partial charge < -0.3 is 10.2 Å². The summed E-state index contributed by atoms with van der Waals surface area (Å²) in [6.07, 6.45) is 8.18. The van der Waals surface area contributed by atoms with Gasteiger partial charge in [0, 0.05) is 37.1 Å². The van der Waals surface area contributed by atoms with Crippen LogP contribution in [0.5, 0.6) is 0 Å².